The Labute approximate surface area is 86.3 Å². The largest absolute Gasteiger partial charge is 0.399 e. The first-order chi connectivity index (χ1) is 6.81. The Morgan fingerprint density at radius 3 is 2.57 bits per heavy atom. The molecule has 1 aromatic carbocycles. The lowest BCUT2D eigenvalue weighted by Crippen LogP contribution is -2.04. The van der Waals surface area contributed by atoms with E-state index >= 15 is 0 Å². The van der Waals surface area contributed by atoms with Gasteiger partial charge in [-0.25, -0.2) is 0 Å². The van der Waals surface area contributed by atoms with Gasteiger partial charge in [-0.2, -0.15) is 0 Å². The molecule has 14 heavy (non-hydrogen) atoms. The van der Waals surface area contributed by atoms with Crippen LogP contribution in [0.3, 0.4) is 0 Å². The molecule has 0 aliphatic heterocycles. The highest BCUT2D eigenvalue weighted by Crippen LogP contribution is 2.41. The molecule has 76 valence electrons. The van der Waals surface area contributed by atoms with Crippen molar-refractivity contribution in [1.82, 2.24) is 0 Å². The van der Waals surface area contributed by atoms with Gasteiger partial charge in [0.05, 0.1) is 0 Å². The second-order valence-electron chi connectivity index (χ2n) is 4.37. The zero-order valence-electron chi connectivity index (χ0n) is 8.87. The van der Waals surface area contributed by atoms with Crippen molar-refractivity contribution in [2.24, 2.45) is 5.92 Å². The summed E-state index contributed by atoms with van der Waals surface area (Å²) in [5.41, 5.74) is 8.06. The summed E-state index contributed by atoms with van der Waals surface area (Å²) in [5.74, 6) is 1.69. The predicted octanol–water partition coefficient (Wildman–Crippen LogP) is 3.56. The van der Waals surface area contributed by atoms with Crippen LogP contribution < -0.4 is 5.73 Å². The maximum Gasteiger partial charge on any atom is 0.0314 e. The van der Waals surface area contributed by atoms with E-state index in [0.717, 1.165) is 17.5 Å². The Hall–Kier alpha value is -0.980. The van der Waals surface area contributed by atoms with Crippen molar-refractivity contribution in [3.63, 3.8) is 0 Å². The van der Waals surface area contributed by atoms with Crippen LogP contribution in [0.25, 0.3) is 0 Å². The molecule has 2 unspecified atom stereocenters. The van der Waals surface area contributed by atoms with Gasteiger partial charge in [0.1, 0.15) is 0 Å². The van der Waals surface area contributed by atoms with Gasteiger partial charge in [-0.15, -0.1) is 0 Å². The van der Waals surface area contributed by atoms with E-state index in [0.29, 0.717) is 0 Å². The van der Waals surface area contributed by atoms with Crippen LogP contribution in [-0.2, 0) is 0 Å². The van der Waals surface area contributed by atoms with Crippen LogP contribution in [0.2, 0.25) is 0 Å². The molecular weight excluding hydrogens is 170 g/mol. The summed E-state index contributed by atoms with van der Waals surface area (Å²) in [6, 6.07) is 8.46. The first-order valence-corrected chi connectivity index (χ1v) is 5.66. The fraction of sp³-hybridized carbons (Fsp3) is 0.538. The Balaban J connectivity index is 2.17. The van der Waals surface area contributed by atoms with Gasteiger partial charge >= 0.3 is 0 Å². The molecule has 1 aliphatic rings. The van der Waals surface area contributed by atoms with Crippen LogP contribution >= 0.6 is 0 Å². The monoisotopic (exact) mass is 189 g/mol. The molecule has 0 heterocycles. The van der Waals surface area contributed by atoms with Crippen molar-refractivity contribution in [3.8, 4) is 0 Å². The minimum Gasteiger partial charge on any atom is -0.399 e. The van der Waals surface area contributed by atoms with Crippen LogP contribution in [0.15, 0.2) is 24.3 Å². The van der Waals surface area contributed by atoms with Gasteiger partial charge in [0.25, 0.3) is 0 Å². The fourth-order valence-electron chi connectivity index (χ4n) is 2.71. The number of hydrogen-bond donors (Lipinski definition) is 1. The SMILES string of the molecule is CCC1CCCC1c1ccc(N)cc1. The summed E-state index contributed by atoms with van der Waals surface area (Å²) in [7, 11) is 0. The van der Waals surface area contributed by atoms with E-state index in [4.69, 9.17) is 5.73 Å². The van der Waals surface area contributed by atoms with Gasteiger partial charge in [-0.1, -0.05) is 31.9 Å². The lowest BCUT2D eigenvalue weighted by Gasteiger charge is -2.18. The quantitative estimate of drug-likeness (QED) is 0.707. The Morgan fingerprint density at radius 2 is 1.93 bits per heavy atom. The maximum atomic E-state index is 5.69. The molecule has 0 aromatic heterocycles. The van der Waals surface area contributed by atoms with Gasteiger partial charge in [-0.05, 0) is 42.4 Å². The zero-order valence-corrected chi connectivity index (χ0v) is 8.87. The topological polar surface area (TPSA) is 26.0 Å². The predicted molar refractivity (Wildman–Crippen MR) is 61.2 cm³/mol. The second kappa shape index (κ2) is 4.04. The summed E-state index contributed by atoms with van der Waals surface area (Å²) in [6.07, 6.45) is 5.48. The van der Waals surface area contributed by atoms with Gasteiger partial charge in [0.2, 0.25) is 0 Å². The van der Waals surface area contributed by atoms with Gasteiger partial charge in [0.15, 0.2) is 0 Å². The number of hydrogen-bond acceptors (Lipinski definition) is 1. The molecule has 2 rings (SSSR count). The summed E-state index contributed by atoms with van der Waals surface area (Å²) in [5, 5.41) is 0. The molecule has 1 fully saturated rings. The van der Waals surface area contributed by atoms with Crippen molar-refractivity contribution in [2.45, 2.75) is 38.5 Å². The van der Waals surface area contributed by atoms with Crippen molar-refractivity contribution in [1.29, 1.82) is 0 Å². The van der Waals surface area contributed by atoms with E-state index in [1.165, 1.54) is 31.2 Å². The maximum absolute atomic E-state index is 5.69. The van der Waals surface area contributed by atoms with Gasteiger partial charge in [-0.3, -0.25) is 0 Å². The second-order valence-corrected chi connectivity index (χ2v) is 4.37. The summed E-state index contributed by atoms with van der Waals surface area (Å²) >= 11 is 0. The number of nitrogen functional groups attached to an aromatic ring is 1. The molecule has 1 saturated carbocycles. The van der Waals surface area contributed by atoms with Crippen molar-refractivity contribution in [2.75, 3.05) is 5.73 Å². The average molecular weight is 189 g/mol. The molecule has 0 amide bonds. The number of benzene rings is 1. The number of rotatable bonds is 2. The van der Waals surface area contributed by atoms with E-state index in [9.17, 15) is 0 Å². The molecule has 2 atom stereocenters. The Morgan fingerprint density at radius 1 is 1.21 bits per heavy atom. The Kier molecular flexibility index (Phi) is 2.76. The first kappa shape index (κ1) is 9.57. The minimum atomic E-state index is 0.792. The minimum absolute atomic E-state index is 0.792. The smallest absolute Gasteiger partial charge is 0.0314 e. The third kappa shape index (κ3) is 1.77. The molecule has 0 bridgehead atoms. The highest BCUT2D eigenvalue weighted by molar-refractivity contribution is 5.40. The van der Waals surface area contributed by atoms with Crippen molar-refractivity contribution < 1.29 is 0 Å². The molecule has 1 aromatic rings. The number of nitrogens with two attached hydrogens (primary N) is 1. The standard InChI is InChI=1S/C13H19N/c1-2-10-4-3-5-13(10)11-6-8-12(14)9-7-11/h6-10,13H,2-5,14H2,1H3. The first-order valence-electron chi connectivity index (χ1n) is 5.66. The molecule has 0 spiro atoms. The van der Waals surface area contributed by atoms with Crippen LogP contribution in [0, 0.1) is 5.92 Å². The van der Waals surface area contributed by atoms with Crippen molar-refractivity contribution >= 4 is 5.69 Å². The molecular formula is C13H19N. The zero-order chi connectivity index (χ0) is 9.97. The summed E-state index contributed by atoms with van der Waals surface area (Å²) in [6.45, 7) is 2.31. The van der Waals surface area contributed by atoms with Crippen molar-refractivity contribution in [3.05, 3.63) is 29.8 Å². The summed E-state index contributed by atoms with van der Waals surface area (Å²) < 4.78 is 0. The molecule has 1 nitrogen and oxygen atoms in total. The molecule has 0 saturated heterocycles. The molecule has 1 heteroatoms. The third-order valence-corrected chi connectivity index (χ3v) is 3.55. The Bertz CT molecular complexity index is 289. The van der Waals surface area contributed by atoms with E-state index in [-0.39, 0.29) is 0 Å². The van der Waals surface area contributed by atoms with E-state index in [1.54, 1.807) is 0 Å². The van der Waals surface area contributed by atoms with Crippen LogP contribution in [0.5, 0.6) is 0 Å². The van der Waals surface area contributed by atoms with Gasteiger partial charge < -0.3 is 5.73 Å². The lowest BCUT2D eigenvalue weighted by atomic mass is 9.87. The van der Waals surface area contributed by atoms with Crippen LogP contribution in [-0.4, -0.2) is 0 Å². The third-order valence-electron chi connectivity index (χ3n) is 3.55. The molecule has 1 aliphatic carbocycles. The highest BCUT2D eigenvalue weighted by Gasteiger charge is 2.26. The summed E-state index contributed by atoms with van der Waals surface area (Å²) in [4.78, 5) is 0. The van der Waals surface area contributed by atoms with Crippen LogP contribution in [0.4, 0.5) is 5.69 Å². The normalized spacial score (nSPS) is 26.6. The van der Waals surface area contributed by atoms with E-state index < -0.39 is 0 Å². The van der Waals surface area contributed by atoms with Gasteiger partial charge in [0, 0.05) is 5.69 Å². The fourth-order valence-corrected chi connectivity index (χ4v) is 2.71. The molecule has 2 N–H and O–H groups in total. The number of anilines is 1. The lowest BCUT2D eigenvalue weighted by molar-refractivity contribution is 0.470. The highest BCUT2D eigenvalue weighted by atomic mass is 14.5. The van der Waals surface area contributed by atoms with Crippen LogP contribution in [0.1, 0.15) is 44.1 Å². The average Bonchev–Trinajstić information content (AvgIpc) is 2.67. The molecule has 0 radical (unpaired) electrons. The van der Waals surface area contributed by atoms with E-state index in [1.807, 2.05) is 12.1 Å². The van der Waals surface area contributed by atoms with E-state index in [2.05, 4.69) is 19.1 Å².